The molecule has 0 saturated heterocycles. The van der Waals surface area contributed by atoms with Crippen LogP contribution in [-0.2, 0) is 10.5 Å². The fourth-order valence-corrected chi connectivity index (χ4v) is 6.96. The van der Waals surface area contributed by atoms with Crippen molar-refractivity contribution in [1.29, 1.82) is 0 Å². The van der Waals surface area contributed by atoms with Crippen LogP contribution in [0.25, 0.3) is 0 Å². The van der Waals surface area contributed by atoms with Crippen LogP contribution in [0.5, 0.6) is 0 Å². The minimum atomic E-state index is -0.0313. The molecule has 0 spiro atoms. The van der Waals surface area contributed by atoms with Gasteiger partial charge in [0.1, 0.15) is 0 Å². The third-order valence-electron chi connectivity index (χ3n) is 5.59. The minimum absolute atomic E-state index is 0.0313. The van der Waals surface area contributed by atoms with Crippen LogP contribution in [0.3, 0.4) is 0 Å². The van der Waals surface area contributed by atoms with E-state index in [0.717, 1.165) is 32.0 Å². The number of thiazole rings is 1. The zero-order valence-electron chi connectivity index (χ0n) is 19.0. The molecule has 1 saturated carbocycles. The molecule has 170 valence electrons. The molecule has 2 aromatic heterocycles. The van der Waals surface area contributed by atoms with E-state index >= 15 is 0 Å². The van der Waals surface area contributed by atoms with Crippen molar-refractivity contribution in [3.05, 3.63) is 39.9 Å². The lowest BCUT2D eigenvalue weighted by Crippen LogP contribution is -2.24. The molecule has 3 aromatic rings. The standard InChI is InChI=1S/C23H29N5OS3/c1-14-10-15(2)20(16(3)11-14)28(17(4)29)22-25-19(12-30-22)13-31-23-27-26-21(32-23)24-18-8-6-5-7-9-18/h10-12,18H,5-9,13H2,1-4H3,(H,24,26). The van der Waals surface area contributed by atoms with Crippen molar-refractivity contribution in [1.82, 2.24) is 15.2 Å². The first-order chi connectivity index (χ1) is 15.4. The number of rotatable bonds is 7. The Morgan fingerprint density at radius 1 is 1.16 bits per heavy atom. The third-order valence-corrected chi connectivity index (χ3v) is 8.48. The van der Waals surface area contributed by atoms with E-state index in [-0.39, 0.29) is 5.91 Å². The Hall–Kier alpha value is -1.97. The largest absolute Gasteiger partial charge is 0.357 e. The van der Waals surface area contributed by atoms with Crippen molar-refractivity contribution in [3.63, 3.8) is 0 Å². The van der Waals surface area contributed by atoms with Gasteiger partial charge >= 0.3 is 0 Å². The van der Waals surface area contributed by atoms with Gasteiger partial charge in [0, 0.05) is 24.1 Å². The smallest absolute Gasteiger partial charge is 0.230 e. The van der Waals surface area contributed by atoms with E-state index in [2.05, 4.69) is 34.6 Å². The number of carbonyl (C=O) groups is 1. The van der Waals surface area contributed by atoms with E-state index in [4.69, 9.17) is 4.98 Å². The summed E-state index contributed by atoms with van der Waals surface area (Å²) in [7, 11) is 0. The maximum atomic E-state index is 12.6. The van der Waals surface area contributed by atoms with E-state index < -0.39 is 0 Å². The van der Waals surface area contributed by atoms with Gasteiger partial charge in [-0.2, -0.15) is 0 Å². The van der Waals surface area contributed by atoms with Crippen molar-refractivity contribution >= 4 is 56.3 Å². The Morgan fingerprint density at radius 2 is 1.88 bits per heavy atom. The lowest BCUT2D eigenvalue weighted by Gasteiger charge is -2.23. The molecule has 0 aliphatic heterocycles. The van der Waals surface area contributed by atoms with Crippen LogP contribution < -0.4 is 10.2 Å². The van der Waals surface area contributed by atoms with Gasteiger partial charge < -0.3 is 5.32 Å². The number of amides is 1. The molecule has 1 N–H and O–H groups in total. The van der Waals surface area contributed by atoms with Crippen LogP contribution >= 0.6 is 34.4 Å². The Balaban J connectivity index is 1.43. The molecule has 0 radical (unpaired) electrons. The quantitative estimate of drug-likeness (QED) is 0.377. The molecule has 1 aliphatic rings. The van der Waals surface area contributed by atoms with Crippen LogP contribution in [-0.4, -0.2) is 27.1 Å². The normalized spacial score (nSPS) is 14.5. The number of nitrogens with zero attached hydrogens (tertiary/aromatic N) is 4. The number of anilines is 3. The highest BCUT2D eigenvalue weighted by Crippen LogP contribution is 2.36. The second-order valence-electron chi connectivity index (χ2n) is 8.36. The fraction of sp³-hybridized carbons (Fsp3) is 0.478. The molecule has 2 heterocycles. The number of hydrogen-bond acceptors (Lipinski definition) is 8. The molecule has 1 aliphatic carbocycles. The zero-order chi connectivity index (χ0) is 22.7. The van der Waals surface area contributed by atoms with Crippen molar-refractivity contribution < 1.29 is 4.79 Å². The topological polar surface area (TPSA) is 71.0 Å². The van der Waals surface area contributed by atoms with Gasteiger partial charge in [-0.3, -0.25) is 9.69 Å². The average molecular weight is 488 g/mol. The van der Waals surface area contributed by atoms with Crippen LogP contribution in [0.4, 0.5) is 16.0 Å². The maximum Gasteiger partial charge on any atom is 0.230 e. The number of benzene rings is 1. The Kier molecular flexibility index (Phi) is 7.48. The second-order valence-corrected chi connectivity index (χ2v) is 11.4. The summed E-state index contributed by atoms with van der Waals surface area (Å²) in [6.45, 7) is 7.76. The van der Waals surface area contributed by atoms with Crippen molar-refractivity contribution in [2.45, 2.75) is 75.9 Å². The van der Waals surface area contributed by atoms with Crippen LogP contribution in [0.15, 0.2) is 21.9 Å². The van der Waals surface area contributed by atoms with Gasteiger partial charge in [-0.1, -0.05) is 60.1 Å². The maximum absolute atomic E-state index is 12.6. The monoisotopic (exact) mass is 487 g/mol. The first-order valence-corrected chi connectivity index (χ1v) is 13.6. The van der Waals surface area contributed by atoms with Crippen LogP contribution in [0.1, 0.15) is 61.4 Å². The Bertz CT molecular complexity index is 1060. The highest BCUT2D eigenvalue weighted by molar-refractivity contribution is 8.00. The van der Waals surface area contributed by atoms with Gasteiger partial charge in [-0.25, -0.2) is 4.98 Å². The molecule has 9 heteroatoms. The number of thioether (sulfide) groups is 1. The van der Waals surface area contributed by atoms with Crippen molar-refractivity contribution in [3.8, 4) is 0 Å². The molecule has 6 nitrogen and oxygen atoms in total. The fourth-order valence-electron chi connectivity index (χ4n) is 4.26. The first-order valence-electron chi connectivity index (χ1n) is 11.0. The SMILES string of the molecule is CC(=O)N(c1nc(CSc2nnc(NC3CCCCC3)s2)cs1)c1c(C)cc(C)cc1C. The van der Waals surface area contributed by atoms with E-state index in [9.17, 15) is 4.79 Å². The summed E-state index contributed by atoms with van der Waals surface area (Å²) < 4.78 is 0.937. The highest BCUT2D eigenvalue weighted by Gasteiger charge is 2.22. The Morgan fingerprint density at radius 3 is 2.56 bits per heavy atom. The number of aryl methyl sites for hydroxylation is 3. The molecule has 1 aromatic carbocycles. The zero-order valence-corrected chi connectivity index (χ0v) is 21.4. The van der Waals surface area contributed by atoms with E-state index in [0.29, 0.717) is 16.9 Å². The molecule has 32 heavy (non-hydrogen) atoms. The van der Waals surface area contributed by atoms with Crippen LogP contribution in [0.2, 0.25) is 0 Å². The van der Waals surface area contributed by atoms with E-state index in [1.54, 1.807) is 34.9 Å². The van der Waals surface area contributed by atoms with E-state index in [1.165, 1.54) is 49.0 Å². The predicted octanol–water partition coefficient (Wildman–Crippen LogP) is 6.64. The molecule has 0 atom stereocenters. The van der Waals surface area contributed by atoms with Gasteiger partial charge in [0.15, 0.2) is 9.47 Å². The molecule has 4 rings (SSSR count). The van der Waals surface area contributed by atoms with Gasteiger partial charge in [0.25, 0.3) is 0 Å². The van der Waals surface area contributed by atoms with Crippen molar-refractivity contribution in [2.75, 3.05) is 10.2 Å². The molecule has 0 unspecified atom stereocenters. The summed E-state index contributed by atoms with van der Waals surface area (Å²) >= 11 is 4.75. The lowest BCUT2D eigenvalue weighted by molar-refractivity contribution is -0.115. The first kappa shape index (κ1) is 23.2. The summed E-state index contributed by atoms with van der Waals surface area (Å²) in [6, 6.07) is 4.75. The summed E-state index contributed by atoms with van der Waals surface area (Å²) in [6.07, 6.45) is 6.37. The van der Waals surface area contributed by atoms with E-state index in [1.807, 2.05) is 19.2 Å². The molecular weight excluding hydrogens is 458 g/mol. The number of nitrogens with one attached hydrogen (secondary N) is 1. The van der Waals surface area contributed by atoms with Crippen LogP contribution in [0, 0.1) is 20.8 Å². The minimum Gasteiger partial charge on any atom is -0.357 e. The number of hydrogen-bond donors (Lipinski definition) is 1. The summed E-state index contributed by atoms with van der Waals surface area (Å²) in [4.78, 5) is 19.1. The van der Waals surface area contributed by atoms with Gasteiger partial charge in [0.05, 0.1) is 11.4 Å². The molecule has 1 fully saturated rings. The third kappa shape index (κ3) is 5.50. The average Bonchev–Trinajstić information content (AvgIpc) is 3.39. The number of carbonyl (C=O) groups excluding carboxylic acids is 1. The summed E-state index contributed by atoms with van der Waals surface area (Å²) in [5, 5.41) is 15.8. The van der Waals surface area contributed by atoms with Gasteiger partial charge in [-0.05, 0) is 44.7 Å². The molecule has 1 amide bonds. The summed E-state index contributed by atoms with van der Waals surface area (Å²) in [5.74, 6) is 0.669. The van der Waals surface area contributed by atoms with Gasteiger partial charge in [-0.15, -0.1) is 21.5 Å². The van der Waals surface area contributed by atoms with Gasteiger partial charge in [0.2, 0.25) is 11.0 Å². The number of aromatic nitrogens is 3. The lowest BCUT2D eigenvalue weighted by atomic mass is 9.96. The molecular formula is C23H29N5OS3. The molecule has 0 bridgehead atoms. The summed E-state index contributed by atoms with van der Waals surface area (Å²) in [5.41, 5.74) is 5.23. The Labute approximate surface area is 201 Å². The van der Waals surface area contributed by atoms with Crippen molar-refractivity contribution in [2.24, 2.45) is 0 Å². The second kappa shape index (κ2) is 10.3. The highest BCUT2D eigenvalue weighted by atomic mass is 32.2. The predicted molar refractivity (Wildman–Crippen MR) is 136 cm³/mol.